The average Bonchev–Trinajstić information content (AvgIpc) is 3.41. The number of esters is 1. The molecule has 3 aromatic rings. The molecule has 0 bridgehead atoms. The number of carbonyl (C=O) groups is 1. The van der Waals surface area contributed by atoms with Crippen molar-refractivity contribution in [3.05, 3.63) is 101 Å². The zero-order chi connectivity index (χ0) is 18.2. The Bertz CT molecular complexity index is 903. The molecule has 1 heterocycles. The maximum absolute atomic E-state index is 13.1. The topological polar surface area (TPSA) is 39.2 Å². The maximum atomic E-state index is 13.1. The van der Waals surface area contributed by atoms with Gasteiger partial charge in [0.15, 0.2) is 0 Å². The molecule has 1 saturated carbocycles. The number of carbonyl (C=O) groups excluding carboxylic acids is 1. The van der Waals surface area contributed by atoms with Crippen LogP contribution in [0.2, 0.25) is 5.15 Å². The maximum Gasteiger partial charge on any atom is 0.319 e. The van der Waals surface area contributed by atoms with E-state index in [-0.39, 0.29) is 5.97 Å². The summed E-state index contributed by atoms with van der Waals surface area (Å²) in [6.07, 6.45) is 0.591. The van der Waals surface area contributed by atoms with E-state index in [2.05, 4.69) is 29.2 Å². The number of aromatic nitrogens is 1. The monoisotopic (exact) mass is 363 g/mol. The third kappa shape index (κ3) is 2.27. The van der Waals surface area contributed by atoms with E-state index < -0.39 is 10.8 Å². The van der Waals surface area contributed by atoms with Crippen molar-refractivity contribution in [2.24, 2.45) is 0 Å². The highest BCUT2D eigenvalue weighted by Crippen LogP contribution is 2.69. The number of methoxy groups -OCH3 is 1. The van der Waals surface area contributed by atoms with Crippen molar-refractivity contribution in [2.75, 3.05) is 7.11 Å². The fourth-order valence-corrected chi connectivity index (χ4v) is 4.31. The number of nitrogens with zero attached hydrogens (tertiary/aromatic N) is 1. The van der Waals surface area contributed by atoms with Gasteiger partial charge in [-0.2, -0.15) is 0 Å². The van der Waals surface area contributed by atoms with Crippen molar-refractivity contribution in [3.63, 3.8) is 0 Å². The molecule has 1 aliphatic carbocycles. The minimum absolute atomic E-state index is 0.292. The molecule has 1 atom stereocenters. The van der Waals surface area contributed by atoms with Crippen LogP contribution in [0.25, 0.3) is 0 Å². The highest BCUT2D eigenvalue weighted by atomic mass is 35.5. The molecule has 4 rings (SSSR count). The molecule has 0 unspecified atom stereocenters. The van der Waals surface area contributed by atoms with Gasteiger partial charge in [-0.05, 0) is 29.7 Å². The molecule has 26 heavy (non-hydrogen) atoms. The van der Waals surface area contributed by atoms with E-state index >= 15 is 0 Å². The molecule has 130 valence electrons. The van der Waals surface area contributed by atoms with Crippen LogP contribution in [0.3, 0.4) is 0 Å². The minimum Gasteiger partial charge on any atom is -0.468 e. The number of hydrogen-bond acceptors (Lipinski definition) is 3. The van der Waals surface area contributed by atoms with E-state index in [0.717, 1.165) is 11.1 Å². The Hall–Kier alpha value is -2.65. The van der Waals surface area contributed by atoms with Crippen molar-refractivity contribution in [2.45, 2.75) is 17.3 Å². The van der Waals surface area contributed by atoms with Crippen LogP contribution >= 0.6 is 11.6 Å². The summed E-state index contributed by atoms with van der Waals surface area (Å²) in [6.45, 7) is 0. The van der Waals surface area contributed by atoms with Crippen LogP contribution in [-0.2, 0) is 20.4 Å². The lowest BCUT2D eigenvalue weighted by Gasteiger charge is -2.25. The first-order valence-corrected chi connectivity index (χ1v) is 8.85. The summed E-state index contributed by atoms with van der Waals surface area (Å²) in [5.41, 5.74) is 1.36. The van der Waals surface area contributed by atoms with Gasteiger partial charge >= 0.3 is 5.97 Å². The molecule has 3 nitrogen and oxygen atoms in total. The number of ether oxygens (including phenoxy) is 1. The van der Waals surface area contributed by atoms with Crippen LogP contribution in [-0.4, -0.2) is 18.1 Å². The summed E-state index contributed by atoms with van der Waals surface area (Å²) >= 11 is 6.15. The van der Waals surface area contributed by atoms with Gasteiger partial charge in [0, 0.05) is 5.41 Å². The molecular weight excluding hydrogens is 346 g/mol. The Kier molecular flexibility index (Phi) is 4.04. The summed E-state index contributed by atoms with van der Waals surface area (Å²) in [5, 5.41) is 0.368. The third-order valence-electron chi connectivity index (χ3n) is 5.35. The number of halogens is 1. The van der Waals surface area contributed by atoms with E-state index in [0.29, 0.717) is 17.3 Å². The lowest BCUT2D eigenvalue weighted by atomic mass is 9.78. The van der Waals surface area contributed by atoms with Crippen molar-refractivity contribution >= 4 is 17.6 Å². The van der Waals surface area contributed by atoms with Crippen molar-refractivity contribution < 1.29 is 9.53 Å². The molecule has 0 amide bonds. The second-order valence-corrected chi connectivity index (χ2v) is 6.94. The lowest BCUT2D eigenvalue weighted by molar-refractivity contribution is -0.144. The Morgan fingerprint density at radius 2 is 1.50 bits per heavy atom. The molecule has 0 spiro atoms. The first-order valence-electron chi connectivity index (χ1n) is 8.48. The van der Waals surface area contributed by atoms with Crippen LogP contribution in [0.4, 0.5) is 0 Å². The van der Waals surface area contributed by atoms with Gasteiger partial charge in [0.05, 0.1) is 12.8 Å². The predicted molar refractivity (Wildman–Crippen MR) is 101 cm³/mol. The minimum atomic E-state index is -0.893. The normalized spacial score (nSPS) is 20.4. The zero-order valence-electron chi connectivity index (χ0n) is 14.4. The fraction of sp³-hybridized carbons (Fsp3) is 0.182. The van der Waals surface area contributed by atoms with E-state index in [9.17, 15) is 4.79 Å². The number of benzene rings is 2. The average molecular weight is 364 g/mol. The van der Waals surface area contributed by atoms with Crippen molar-refractivity contribution in [3.8, 4) is 0 Å². The van der Waals surface area contributed by atoms with Gasteiger partial charge in [-0.25, -0.2) is 4.98 Å². The SMILES string of the molecule is COC(=O)[C@]1(c2cccc(Cl)n2)CC1(c1ccccc1)c1ccccc1. The summed E-state index contributed by atoms with van der Waals surface area (Å²) in [7, 11) is 1.42. The van der Waals surface area contributed by atoms with E-state index in [4.69, 9.17) is 16.3 Å². The number of rotatable bonds is 4. The molecule has 1 fully saturated rings. The van der Waals surface area contributed by atoms with Gasteiger partial charge in [0.25, 0.3) is 0 Å². The summed E-state index contributed by atoms with van der Waals surface area (Å²) in [6, 6.07) is 25.5. The quantitative estimate of drug-likeness (QED) is 0.504. The number of pyridine rings is 1. The summed E-state index contributed by atoms with van der Waals surface area (Å²) in [5.74, 6) is -0.292. The molecule has 0 N–H and O–H groups in total. The molecule has 0 saturated heterocycles. The largest absolute Gasteiger partial charge is 0.468 e. The van der Waals surface area contributed by atoms with Crippen molar-refractivity contribution in [1.29, 1.82) is 0 Å². The number of hydrogen-bond donors (Lipinski definition) is 0. The Labute approximate surface area is 157 Å². The first kappa shape index (κ1) is 16.8. The van der Waals surface area contributed by atoms with Crippen LogP contribution in [0.5, 0.6) is 0 Å². The van der Waals surface area contributed by atoms with Gasteiger partial charge in [0.2, 0.25) is 0 Å². The van der Waals surface area contributed by atoms with E-state index in [1.165, 1.54) is 7.11 Å². The highest BCUT2D eigenvalue weighted by molar-refractivity contribution is 6.29. The molecule has 1 aliphatic rings. The Balaban J connectivity index is 2.00. The van der Waals surface area contributed by atoms with Crippen molar-refractivity contribution in [1.82, 2.24) is 4.98 Å². The molecule has 0 radical (unpaired) electrons. The van der Waals surface area contributed by atoms with Crippen LogP contribution < -0.4 is 0 Å². The molecule has 2 aromatic carbocycles. The van der Waals surface area contributed by atoms with E-state index in [1.807, 2.05) is 48.5 Å². The van der Waals surface area contributed by atoms with Gasteiger partial charge in [-0.3, -0.25) is 4.79 Å². The standard InChI is InChI=1S/C22H18ClNO2/c1-26-20(25)22(18-13-8-14-19(23)24-18)15-21(22,16-9-4-2-5-10-16)17-11-6-3-7-12-17/h2-14H,15H2,1H3/t22-/m1/s1. The second kappa shape index (κ2) is 6.26. The zero-order valence-corrected chi connectivity index (χ0v) is 15.1. The molecule has 4 heteroatoms. The third-order valence-corrected chi connectivity index (χ3v) is 5.56. The van der Waals surface area contributed by atoms with Crippen LogP contribution in [0, 0.1) is 0 Å². The highest BCUT2D eigenvalue weighted by Gasteiger charge is 2.75. The predicted octanol–water partition coefficient (Wildman–Crippen LogP) is 4.54. The smallest absolute Gasteiger partial charge is 0.319 e. The van der Waals surface area contributed by atoms with Crippen LogP contribution in [0.15, 0.2) is 78.9 Å². The fourth-order valence-electron chi connectivity index (χ4n) is 4.14. The molecule has 0 aliphatic heterocycles. The molecular formula is C22H18ClNO2. The Morgan fingerprint density at radius 3 is 2.00 bits per heavy atom. The first-order chi connectivity index (χ1) is 12.6. The van der Waals surface area contributed by atoms with Gasteiger partial charge < -0.3 is 4.74 Å². The summed E-state index contributed by atoms with van der Waals surface area (Å²) < 4.78 is 5.25. The summed E-state index contributed by atoms with van der Waals surface area (Å²) in [4.78, 5) is 17.6. The Morgan fingerprint density at radius 1 is 0.923 bits per heavy atom. The molecule has 1 aromatic heterocycles. The second-order valence-electron chi connectivity index (χ2n) is 6.56. The lowest BCUT2D eigenvalue weighted by Crippen LogP contribution is -2.33. The van der Waals surface area contributed by atoms with Gasteiger partial charge in [-0.1, -0.05) is 78.3 Å². The van der Waals surface area contributed by atoms with E-state index in [1.54, 1.807) is 6.07 Å². The van der Waals surface area contributed by atoms with Gasteiger partial charge in [0.1, 0.15) is 10.6 Å². The van der Waals surface area contributed by atoms with Crippen LogP contribution in [0.1, 0.15) is 23.2 Å². The van der Waals surface area contributed by atoms with Gasteiger partial charge in [-0.15, -0.1) is 0 Å².